The lowest BCUT2D eigenvalue weighted by atomic mass is 10.1. The number of rotatable bonds is 3. The van der Waals surface area contributed by atoms with E-state index in [0.717, 1.165) is 17.5 Å². The van der Waals surface area contributed by atoms with E-state index in [1.165, 1.54) is 5.39 Å². The maximum absolute atomic E-state index is 5.62. The molecular weight excluding hydrogens is 206 g/mol. The topological polar surface area (TPSA) is 12.9 Å². The van der Waals surface area contributed by atoms with Crippen LogP contribution in [-0.2, 0) is 0 Å². The van der Waals surface area contributed by atoms with Gasteiger partial charge in [0.05, 0.1) is 5.52 Å². The summed E-state index contributed by atoms with van der Waals surface area (Å²) in [6, 6.07) is 10.2. The molecule has 15 heavy (non-hydrogen) atoms. The second-order valence-corrected chi connectivity index (χ2v) is 3.68. The van der Waals surface area contributed by atoms with Gasteiger partial charge in [-0.1, -0.05) is 36.4 Å². The highest BCUT2D eigenvalue weighted by Crippen LogP contribution is 2.17. The molecule has 0 spiro atoms. The van der Waals surface area contributed by atoms with Crippen molar-refractivity contribution in [3.8, 4) is 0 Å². The number of hydrogen-bond donors (Lipinski definition) is 0. The molecule has 1 aromatic carbocycles. The van der Waals surface area contributed by atoms with E-state index in [1.807, 2.05) is 18.3 Å². The minimum atomic E-state index is 0.661. The van der Waals surface area contributed by atoms with Gasteiger partial charge in [-0.15, -0.1) is 11.6 Å². The molecule has 0 saturated heterocycles. The van der Waals surface area contributed by atoms with Crippen LogP contribution in [0, 0.1) is 0 Å². The minimum absolute atomic E-state index is 0.661. The first-order chi connectivity index (χ1) is 7.42. The van der Waals surface area contributed by atoms with Crippen LogP contribution in [-0.4, -0.2) is 10.9 Å². The molecule has 0 aliphatic heterocycles. The molecule has 0 aliphatic carbocycles. The molecule has 1 nitrogen and oxygen atoms in total. The minimum Gasteiger partial charge on any atom is -0.256 e. The van der Waals surface area contributed by atoms with Gasteiger partial charge < -0.3 is 0 Å². The van der Waals surface area contributed by atoms with Gasteiger partial charge in [0.25, 0.3) is 0 Å². The zero-order chi connectivity index (χ0) is 10.5. The van der Waals surface area contributed by atoms with E-state index < -0.39 is 0 Å². The summed E-state index contributed by atoms with van der Waals surface area (Å²) in [5.41, 5.74) is 2.20. The lowest BCUT2D eigenvalue weighted by Gasteiger charge is -1.99. The average Bonchev–Trinajstić information content (AvgIpc) is 2.30. The molecule has 0 unspecified atom stereocenters. The molecule has 2 heteroatoms. The highest BCUT2D eigenvalue weighted by atomic mass is 35.5. The van der Waals surface area contributed by atoms with E-state index in [4.69, 9.17) is 11.6 Å². The van der Waals surface area contributed by atoms with Crippen molar-refractivity contribution in [3.05, 3.63) is 48.2 Å². The predicted molar refractivity (Wildman–Crippen MR) is 66.1 cm³/mol. The molecule has 76 valence electrons. The van der Waals surface area contributed by atoms with Crippen molar-refractivity contribution < 1.29 is 0 Å². The lowest BCUT2D eigenvalue weighted by Crippen LogP contribution is -1.81. The van der Waals surface area contributed by atoms with Gasteiger partial charge in [-0.3, -0.25) is 4.98 Å². The Bertz CT molecular complexity index is 471. The van der Waals surface area contributed by atoms with E-state index in [1.54, 1.807) is 0 Å². The largest absolute Gasteiger partial charge is 0.256 e. The average molecular weight is 218 g/mol. The number of fused-ring (bicyclic) bond motifs is 1. The fraction of sp³-hybridized carbons (Fsp3) is 0.154. The normalized spacial score (nSPS) is 11.3. The summed E-state index contributed by atoms with van der Waals surface area (Å²) in [4.78, 5) is 4.38. The van der Waals surface area contributed by atoms with Crippen LogP contribution in [0.25, 0.3) is 17.0 Å². The van der Waals surface area contributed by atoms with Gasteiger partial charge in [0, 0.05) is 23.0 Å². The number of benzene rings is 1. The van der Waals surface area contributed by atoms with Crippen molar-refractivity contribution in [1.82, 2.24) is 4.98 Å². The van der Waals surface area contributed by atoms with Crippen molar-refractivity contribution in [2.75, 3.05) is 5.88 Å². The molecule has 1 heterocycles. The van der Waals surface area contributed by atoms with Gasteiger partial charge in [0.2, 0.25) is 0 Å². The second kappa shape index (κ2) is 4.94. The monoisotopic (exact) mass is 217 g/mol. The van der Waals surface area contributed by atoms with Crippen LogP contribution < -0.4 is 0 Å². The number of allylic oxidation sites excluding steroid dienone is 1. The Morgan fingerprint density at radius 2 is 2.07 bits per heavy atom. The number of alkyl halides is 1. The molecule has 0 aliphatic rings. The lowest BCUT2D eigenvalue weighted by molar-refractivity contribution is 1.24. The second-order valence-electron chi connectivity index (χ2n) is 3.30. The van der Waals surface area contributed by atoms with E-state index in [0.29, 0.717) is 5.88 Å². The number of halogens is 1. The summed E-state index contributed by atoms with van der Waals surface area (Å²) >= 11 is 5.62. The Kier molecular flexibility index (Phi) is 3.36. The quantitative estimate of drug-likeness (QED) is 0.712. The Morgan fingerprint density at radius 1 is 1.20 bits per heavy atom. The SMILES string of the molecule is ClCCC=Cc1cccc2cccnc12. The predicted octanol–water partition coefficient (Wildman–Crippen LogP) is 3.88. The van der Waals surface area contributed by atoms with Crippen LogP contribution >= 0.6 is 11.6 Å². The standard InChI is InChI=1S/C13H12ClN/c14-9-2-1-5-11-6-3-7-12-8-4-10-15-13(11)12/h1,3-8,10H,2,9H2. The highest BCUT2D eigenvalue weighted by Gasteiger charge is 1.96. The van der Waals surface area contributed by atoms with Gasteiger partial charge in [0.15, 0.2) is 0 Å². The number of nitrogens with zero attached hydrogens (tertiary/aromatic N) is 1. The van der Waals surface area contributed by atoms with E-state index in [-0.39, 0.29) is 0 Å². The molecule has 0 fully saturated rings. The molecule has 2 aromatic rings. The fourth-order valence-corrected chi connectivity index (χ4v) is 1.66. The van der Waals surface area contributed by atoms with Crippen LogP contribution in [0.5, 0.6) is 0 Å². The van der Waals surface area contributed by atoms with E-state index >= 15 is 0 Å². The molecular formula is C13H12ClN. The molecule has 0 N–H and O–H groups in total. The summed E-state index contributed by atoms with van der Waals surface area (Å²) in [7, 11) is 0. The number of pyridine rings is 1. The Balaban J connectivity index is 2.42. The first-order valence-electron chi connectivity index (χ1n) is 4.98. The Labute approximate surface area is 94.4 Å². The van der Waals surface area contributed by atoms with Crippen LogP contribution in [0.15, 0.2) is 42.6 Å². The number of hydrogen-bond acceptors (Lipinski definition) is 1. The van der Waals surface area contributed by atoms with Gasteiger partial charge in [-0.05, 0) is 12.5 Å². The van der Waals surface area contributed by atoms with Crippen LogP contribution in [0.2, 0.25) is 0 Å². The Morgan fingerprint density at radius 3 is 2.93 bits per heavy atom. The van der Waals surface area contributed by atoms with Crippen molar-refractivity contribution in [2.24, 2.45) is 0 Å². The van der Waals surface area contributed by atoms with Crippen molar-refractivity contribution in [3.63, 3.8) is 0 Å². The smallest absolute Gasteiger partial charge is 0.0774 e. The molecule has 0 radical (unpaired) electrons. The van der Waals surface area contributed by atoms with E-state index in [9.17, 15) is 0 Å². The van der Waals surface area contributed by atoms with Crippen LogP contribution in [0.3, 0.4) is 0 Å². The van der Waals surface area contributed by atoms with Gasteiger partial charge in [0.1, 0.15) is 0 Å². The zero-order valence-corrected chi connectivity index (χ0v) is 9.11. The maximum atomic E-state index is 5.62. The summed E-state index contributed by atoms with van der Waals surface area (Å²) in [6.07, 6.45) is 6.88. The van der Waals surface area contributed by atoms with Crippen molar-refractivity contribution >= 4 is 28.6 Å². The van der Waals surface area contributed by atoms with E-state index in [2.05, 4.69) is 35.3 Å². The van der Waals surface area contributed by atoms with Gasteiger partial charge >= 0.3 is 0 Å². The molecule has 0 bridgehead atoms. The first kappa shape index (κ1) is 10.2. The van der Waals surface area contributed by atoms with Crippen molar-refractivity contribution in [1.29, 1.82) is 0 Å². The third-order valence-electron chi connectivity index (χ3n) is 2.24. The maximum Gasteiger partial charge on any atom is 0.0774 e. The highest BCUT2D eigenvalue weighted by molar-refractivity contribution is 6.17. The van der Waals surface area contributed by atoms with Crippen molar-refractivity contribution in [2.45, 2.75) is 6.42 Å². The summed E-state index contributed by atoms with van der Waals surface area (Å²) < 4.78 is 0. The van der Waals surface area contributed by atoms with Crippen LogP contribution in [0.4, 0.5) is 0 Å². The summed E-state index contributed by atoms with van der Waals surface area (Å²) in [6.45, 7) is 0. The third kappa shape index (κ3) is 2.37. The molecule has 0 amide bonds. The molecule has 0 atom stereocenters. The number of aromatic nitrogens is 1. The number of para-hydroxylation sites is 1. The summed E-state index contributed by atoms with van der Waals surface area (Å²) in [5.74, 6) is 0.661. The molecule has 2 rings (SSSR count). The Hall–Kier alpha value is -1.34. The van der Waals surface area contributed by atoms with Gasteiger partial charge in [-0.25, -0.2) is 0 Å². The zero-order valence-electron chi connectivity index (χ0n) is 8.36. The summed E-state index contributed by atoms with van der Waals surface area (Å²) in [5, 5.41) is 1.17. The molecule has 1 aromatic heterocycles. The molecule has 0 saturated carbocycles. The van der Waals surface area contributed by atoms with Crippen LogP contribution in [0.1, 0.15) is 12.0 Å². The van der Waals surface area contributed by atoms with Gasteiger partial charge in [-0.2, -0.15) is 0 Å². The third-order valence-corrected chi connectivity index (χ3v) is 2.46. The fourth-order valence-electron chi connectivity index (χ4n) is 1.54. The first-order valence-corrected chi connectivity index (χ1v) is 5.51.